The molecule has 0 saturated heterocycles. The molecule has 0 bridgehead atoms. The molecule has 0 heterocycles. The lowest BCUT2D eigenvalue weighted by atomic mass is 9.97. The fourth-order valence-electron chi connectivity index (χ4n) is 2.37. The van der Waals surface area contributed by atoms with Crippen LogP contribution >= 0.6 is 0 Å². The lowest BCUT2D eigenvalue weighted by molar-refractivity contribution is 1.13. The van der Waals surface area contributed by atoms with Crippen molar-refractivity contribution in [1.29, 1.82) is 0 Å². The summed E-state index contributed by atoms with van der Waals surface area (Å²) in [6.45, 7) is 8.70. The third-order valence-corrected chi connectivity index (χ3v) is 3.10. The third kappa shape index (κ3) is 2.76. The number of benzene rings is 2. The van der Waals surface area contributed by atoms with Crippen LogP contribution in [-0.4, -0.2) is 0 Å². The number of aryl methyl sites for hydroxylation is 4. The van der Waals surface area contributed by atoms with Crippen molar-refractivity contribution in [3.8, 4) is 11.1 Å². The average Bonchev–Trinajstić information content (AvgIpc) is 2.26. The minimum absolute atomic E-state index is 1.10. The molecular weight excluding hydrogens is 204 g/mol. The van der Waals surface area contributed by atoms with E-state index in [0.717, 1.165) is 6.42 Å². The van der Waals surface area contributed by atoms with Gasteiger partial charge in [0.05, 0.1) is 0 Å². The fraction of sp³-hybridized carbons (Fsp3) is 0.294. The monoisotopic (exact) mass is 224 g/mol. The first-order chi connectivity index (χ1) is 8.08. The molecule has 0 aliphatic heterocycles. The zero-order valence-electron chi connectivity index (χ0n) is 11.2. The minimum Gasteiger partial charge on any atom is -0.0613 e. The predicted octanol–water partition coefficient (Wildman–Crippen LogP) is 4.84. The highest BCUT2D eigenvalue weighted by Crippen LogP contribution is 2.24. The summed E-state index contributed by atoms with van der Waals surface area (Å²) in [7, 11) is 0. The maximum atomic E-state index is 2.31. The van der Waals surface area contributed by atoms with Crippen LogP contribution in [0.5, 0.6) is 0 Å². The van der Waals surface area contributed by atoms with Gasteiger partial charge in [-0.3, -0.25) is 0 Å². The molecule has 0 fully saturated rings. The van der Waals surface area contributed by atoms with Gasteiger partial charge in [0.1, 0.15) is 0 Å². The topological polar surface area (TPSA) is 0 Å². The van der Waals surface area contributed by atoms with Gasteiger partial charge in [0, 0.05) is 0 Å². The van der Waals surface area contributed by atoms with E-state index in [9.17, 15) is 0 Å². The van der Waals surface area contributed by atoms with Crippen LogP contribution in [0.15, 0.2) is 36.4 Å². The van der Waals surface area contributed by atoms with E-state index in [1.165, 1.54) is 33.4 Å². The van der Waals surface area contributed by atoms with Gasteiger partial charge in [-0.15, -0.1) is 0 Å². The molecule has 0 spiro atoms. The Hall–Kier alpha value is -1.56. The Kier molecular flexibility index (Phi) is 3.33. The molecule has 0 amide bonds. The molecule has 0 N–H and O–H groups in total. The highest BCUT2D eigenvalue weighted by atomic mass is 14.1. The van der Waals surface area contributed by atoms with Gasteiger partial charge >= 0.3 is 0 Å². The van der Waals surface area contributed by atoms with Crippen LogP contribution < -0.4 is 0 Å². The molecule has 0 saturated carbocycles. The van der Waals surface area contributed by atoms with Crippen molar-refractivity contribution in [2.45, 2.75) is 34.1 Å². The van der Waals surface area contributed by atoms with Gasteiger partial charge in [-0.05, 0) is 43.9 Å². The molecule has 0 aliphatic rings. The lowest BCUT2D eigenvalue weighted by Gasteiger charge is -2.08. The van der Waals surface area contributed by atoms with Crippen molar-refractivity contribution >= 4 is 0 Å². The Bertz CT molecular complexity index is 515. The Labute approximate surface area is 104 Å². The number of rotatable bonds is 2. The van der Waals surface area contributed by atoms with Crippen LogP contribution in [0.25, 0.3) is 11.1 Å². The van der Waals surface area contributed by atoms with Crippen LogP contribution in [0, 0.1) is 20.8 Å². The van der Waals surface area contributed by atoms with Crippen molar-refractivity contribution < 1.29 is 0 Å². The molecule has 0 nitrogen and oxygen atoms in total. The second-order valence-corrected chi connectivity index (χ2v) is 4.94. The number of hydrogen-bond acceptors (Lipinski definition) is 0. The Morgan fingerprint density at radius 1 is 0.647 bits per heavy atom. The molecule has 0 aromatic heterocycles. The molecule has 0 radical (unpaired) electrons. The van der Waals surface area contributed by atoms with Crippen molar-refractivity contribution in [3.05, 3.63) is 58.7 Å². The minimum atomic E-state index is 1.10. The summed E-state index contributed by atoms with van der Waals surface area (Å²) in [5.74, 6) is 0. The fourth-order valence-corrected chi connectivity index (χ4v) is 2.37. The number of hydrogen-bond donors (Lipinski definition) is 0. The summed E-state index contributed by atoms with van der Waals surface area (Å²) in [5.41, 5.74) is 8.10. The largest absolute Gasteiger partial charge is 0.0613 e. The first-order valence-electron chi connectivity index (χ1n) is 6.27. The van der Waals surface area contributed by atoms with Crippen LogP contribution in [0.4, 0.5) is 0 Å². The highest BCUT2D eigenvalue weighted by Gasteiger charge is 2.02. The highest BCUT2D eigenvalue weighted by molar-refractivity contribution is 5.66. The van der Waals surface area contributed by atoms with Gasteiger partial charge in [-0.25, -0.2) is 0 Å². The second kappa shape index (κ2) is 4.75. The molecule has 17 heavy (non-hydrogen) atoms. The molecule has 2 aromatic rings. The molecule has 0 atom stereocenters. The summed E-state index contributed by atoms with van der Waals surface area (Å²) < 4.78 is 0. The van der Waals surface area contributed by atoms with Crippen molar-refractivity contribution in [3.63, 3.8) is 0 Å². The van der Waals surface area contributed by atoms with Crippen LogP contribution in [0.3, 0.4) is 0 Å². The summed E-state index contributed by atoms with van der Waals surface area (Å²) in [5, 5.41) is 0. The molecule has 2 rings (SSSR count). The Morgan fingerprint density at radius 3 is 1.65 bits per heavy atom. The molecule has 2 aromatic carbocycles. The zero-order chi connectivity index (χ0) is 12.4. The van der Waals surface area contributed by atoms with Crippen molar-refractivity contribution in [1.82, 2.24) is 0 Å². The SMILES string of the molecule is CCc1cc(C)cc(-c2cc(C)cc(C)c2)c1. The molecular formula is C17H20. The van der Waals surface area contributed by atoms with Crippen LogP contribution in [0.2, 0.25) is 0 Å². The maximum absolute atomic E-state index is 2.31. The van der Waals surface area contributed by atoms with E-state index in [1.54, 1.807) is 0 Å². The predicted molar refractivity (Wildman–Crippen MR) is 75.5 cm³/mol. The molecule has 0 unspecified atom stereocenters. The van der Waals surface area contributed by atoms with Gasteiger partial charge in [0.25, 0.3) is 0 Å². The summed E-state index contributed by atoms with van der Waals surface area (Å²) in [6, 6.07) is 13.6. The van der Waals surface area contributed by atoms with E-state index < -0.39 is 0 Å². The maximum Gasteiger partial charge on any atom is -0.0178 e. The van der Waals surface area contributed by atoms with E-state index in [2.05, 4.69) is 64.1 Å². The van der Waals surface area contributed by atoms with E-state index in [0.29, 0.717) is 0 Å². The summed E-state index contributed by atoms with van der Waals surface area (Å²) >= 11 is 0. The standard InChI is InChI=1S/C17H20/c1-5-15-7-14(4)10-17(11-15)16-8-12(2)6-13(3)9-16/h6-11H,5H2,1-4H3. The van der Waals surface area contributed by atoms with E-state index in [-0.39, 0.29) is 0 Å². The Balaban J connectivity index is 2.55. The third-order valence-electron chi connectivity index (χ3n) is 3.10. The van der Waals surface area contributed by atoms with E-state index >= 15 is 0 Å². The zero-order valence-corrected chi connectivity index (χ0v) is 11.2. The van der Waals surface area contributed by atoms with E-state index in [4.69, 9.17) is 0 Å². The van der Waals surface area contributed by atoms with Crippen molar-refractivity contribution in [2.75, 3.05) is 0 Å². The van der Waals surface area contributed by atoms with E-state index in [1.807, 2.05) is 0 Å². The first-order valence-corrected chi connectivity index (χ1v) is 6.27. The van der Waals surface area contributed by atoms with Crippen LogP contribution in [-0.2, 0) is 6.42 Å². The van der Waals surface area contributed by atoms with Gasteiger partial charge < -0.3 is 0 Å². The lowest BCUT2D eigenvalue weighted by Crippen LogP contribution is -1.87. The average molecular weight is 224 g/mol. The summed E-state index contributed by atoms with van der Waals surface area (Å²) in [6.07, 6.45) is 1.10. The smallest absolute Gasteiger partial charge is 0.0178 e. The van der Waals surface area contributed by atoms with Gasteiger partial charge in [-0.2, -0.15) is 0 Å². The second-order valence-electron chi connectivity index (χ2n) is 4.94. The van der Waals surface area contributed by atoms with Gasteiger partial charge in [0.15, 0.2) is 0 Å². The van der Waals surface area contributed by atoms with Crippen molar-refractivity contribution in [2.24, 2.45) is 0 Å². The molecule has 0 aliphatic carbocycles. The van der Waals surface area contributed by atoms with Gasteiger partial charge in [-0.1, -0.05) is 60.0 Å². The quantitative estimate of drug-likeness (QED) is 0.684. The Morgan fingerprint density at radius 2 is 1.12 bits per heavy atom. The molecule has 88 valence electrons. The van der Waals surface area contributed by atoms with Crippen LogP contribution in [0.1, 0.15) is 29.2 Å². The first kappa shape index (κ1) is 11.9. The normalized spacial score (nSPS) is 10.6. The molecule has 0 heteroatoms. The van der Waals surface area contributed by atoms with Gasteiger partial charge in [0.2, 0.25) is 0 Å². The summed E-state index contributed by atoms with van der Waals surface area (Å²) in [4.78, 5) is 0.